The Morgan fingerprint density at radius 2 is 1.75 bits per heavy atom. The van der Waals surface area contributed by atoms with E-state index >= 15 is 0 Å². The Kier molecular flexibility index (Phi) is 6.67. The van der Waals surface area contributed by atoms with Crippen LogP contribution in [0.25, 0.3) is 0 Å². The maximum Gasteiger partial charge on any atom is 0.229 e. The molecule has 132 valence electrons. The molecule has 1 heterocycles. The van der Waals surface area contributed by atoms with Crippen molar-refractivity contribution in [3.63, 3.8) is 0 Å². The maximum atomic E-state index is 12.9. The van der Waals surface area contributed by atoms with Gasteiger partial charge in [0.1, 0.15) is 0 Å². The number of carbonyl (C=O) groups is 1. The second-order valence-electron chi connectivity index (χ2n) is 6.82. The highest BCUT2D eigenvalue weighted by molar-refractivity contribution is 5.94. The smallest absolute Gasteiger partial charge is 0.229 e. The fraction of sp³-hybridized carbons (Fsp3) is 0.650. The molecule has 0 unspecified atom stereocenters. The van der Waals surface area contributed by atoms with Gasteiger partial charge < -0.3 is 14.4 Å². The van der Waals surface area contributed by atoms with E-state index in [1.165, 1.54) is 19.3 Å². The van der Waals surface area contributed by atoms with E-state index in [-0.39, 0.29) is 12.0 Å². The van der Waals surface area contributed by atoms with E-state index in [2.05, 4.69) is 0 Å². The van der Waals surface area contributed by atoms with E-state index in [1.807, 2.05) is 35.2 Å². The van der Waals surface area contributed by atoms with Gasteiger partial charge in [0.2, 0.25) is 5.91 Å². The van der Waals surface area contributed by atoms with E-state index in [9.17, 15) is 4.79 Å². The van der Waals surface area contributed by atoms with Crippen molar-refractivity contribution >= 4 is 11.6 Å². The fourth-order valence-electron chi connectivity index (χ4n) is 3.76. The number of rotatable bonds is 6. The van der Waals surface area contributed by atoms with Crippen LogP contribution in [0.5, 0.6) is 0 Å². The zero-order valence-electron chi connectivity index (χ0n) is 14.5. The molecule has 1 aromatic carbocycles. The summed E-state index contributed by atoms with van der Waals surface area (Å²) < 4.78 is 11.2. The molecule has 2 fully saturated rings. The average molecular weight is 331 g/mol. The molecule has 1 aromatic rings. The highest BCUT2D eigenvalue weighted by atomic mass is 16.5. The quantitative estimate of drug-likeness (QED) is 0.792. The number of benzene rings is 1. The van der Waals surface area contributed by atoms with E-state index in [0.717, 1.165) is 44.6 Å². The first-order valence-electron chi connectivity index (χ1n) is 9.41. The molecule has 0 atom stereocenters. The summed E-state index contributed by atoms with van der Waals surface area (Å²) in [5, 5.41) is 0. The molecule has 24 heavy (non-hydrogen) atoms. The summed E-state index contributed by atoms with van der Waals surface area (Å²) in [6.07, 6.45) is 8.57. The summed E-state index contributed by atoms with van der Waals surface area (Å²) in [5.41, 5.74) is 1.03. The topological polar surface area (TPSA) is 38.8 Å². The summed E-state index contributed by atoms with van der Waals surface area (Å²) in [5.74, 6) is 0.195. The Labute approximate surface area is 145 Å². The molecule has 4 nitrogen and oxygen atoms in total. The van der Waals surface area contributed by atoms with Crippen molar-refractivity contribution in [1.82, 2.24) is 0 Å². The molecule has 0 aromatic heterocycles. The standard InChI is InChI=1S/C20H29NO3/c22-20(13-16-24-19-11-14-23-15-12-19)21(17-7-3-1-4-8-17)18-9-5-2-6-10-18/h1,3-4,7-8,18-19H,2,5-6,9-16H2. The Balaban J connectivity index is 1.58. The first kappa shape index (κ1) is 17.4. The van der Waals surface area contributed by atoms with E-state index in [4.69, 9.17) is 9.47 Å². The summed E-state index contributed by atoms with van der Waals surface area (Å²) in [6, 6.07) is 10.5. The lowest BCUT2D eigenvalue weighted by molar-refractivity contribution is -0.121. The van der Waals surface area contributed by atoms with Gasteiger partial charge in [0.15, 0.2) is 0 Å². The number of anilines is 1. The normalized spacial score (nSPS) is 20.0. The molecular weight excluding hydrogens is 302 g/mol. The zero-order chi connectivity index (χ0) is 16.6. The molecule has 0 bridgehead atoms. The van der Waals surface area contributed by atoms with E-state index < -0.39 is 0 Å². The van der Waals surface area contributed by atoms with Gasteiger partial charge in [-0.15, -0.1) is 0 Å². The number of amides is 1. The van der Waals surface area contributed by atoms with Crippen LogP contribution in [0.2, 0.25) is 0 Å². The monoisotopic (exact) mass is 331 g/mol. The molecule has 3 rings (SSSR count). The molecule has 0 radical (unpaired) electrons. The minimum atomic E-state index is 0.195. The highest BCUT2D eigenvalue weighted by Crippen LogP contribution is 2.28. The van der Waals surface area contributed by atoms with Crippen LogP contribution < -0.4 is 4.90 Å². The van der Waals surface area contributed by atoms with Crippen molar-refractivity contribution in [1.29, 1.82) is 0 Å². The lowest BCUT2D eigenvalue weighted by atomic mass is 9.93. The van der Waals surface area contributed by atoms with Gasteiger partial charge in [-0.1, -0.05) is 37.5 Å². The van der Waals surface area contributed by atoms with E-state index in [0.29, 0.717) is 19.1 Å². The third-order valence-electron chi connectivity index (χ3n) is 5.08. The van der Waals surface area contributed by atoms with E-state index in [1.54, 1.807) is 0 Å². The Morgan fingerprint density at radius 1 is 1.04 bits per heavy atom. The van der Waals surface area contributed by atoms with Gasteiger partial charge in [0, 0.05) is 24.9 Å². The summed E-state index contributed by atoms with van der Waals surface area (Å²) >= 11 is 0. The van der Waals surface area contributed by atoms with Crippen LogP contribution >= 0.6 is 0 Å². The second-order valence-corrected chi connectivity index (χ2v) is 6.82. The number of carbonyl (C=O) groups excluding carboxylic acids is 1. The number of para-hydroxylation sites is 1. The Morgan fingerprint density at radius 3 is 2.46 bits per heavy atom. The number of hydrogen-bond acceptors (Lipinski definition) is 3. The Bertz CT molecular complexity index is 493. The third kappa shape index (κ3) is 4.81. The number of nitrogens with zero attached hydrogens (tertiary/aromatic N) is 1. The molecule has 0 spiro atoms. The fourth-order valence-corrected chi connectivity index (χ4v) is 3.76. The van der Waals surface area contributed by atoms with Gasteiger partial charge in [0.05, 0.1) is 19.1 Å². The van der Waals surface area contributed by atoms with Gasteiger partial charge >= 0.3 is 0 Å². The molecule has 0 N–H and O–H groups in total. The van der Waals surface area contributed by atoms with Crippen molar-refractivity contribution in [2.24, 2.45) is 0 Å². The minimum Gasteiger partial charge on any atom is -0.381 e. The van der Waals surface area contributed by atoms with Gasteiger partial charge in [-0.3, -0.25) is 4.79 Å². The zero-order valence-corrected chi connectivity index (χ0v) is 14.5. The molecular formula is C20H29NO3. The molecule has 1 aliphatic heterocycles. The van der Waals surface area contributed by atoms with Crippen LogP contribution in [0.15, 0.2) is 30.3 Å². The van der Waals surface area contributed by atoms with Crippen LogP contribution in [-0.4, -0.2) is 37.9 Å². The lowest BCUT2D eigenvalue weighted by Crippen LogP contribution is -2.42. The number of ether oxygens (including phenoxy) is 2. The SMILES string of the molecule is O=C(CCOC1CCOCC1)N(c1ccccc1)C1CCCCC1. The van der Waals surface area contributed by atoms with Gasteiger partial charge in [-0.25, -0.2) is 0 Å². The molecule has 1 aliphatic carbocycles. The van der Waals surface area contributed by atoms with Crippen LogP contribution in [0, 0.1) is 0 Å². The third-order valence-corrected chi connectivity index (χ3v) is 5.08. The highest BCUT2D eigenvalue weighted by Gasteiger charge is 2.26. The van der Waals surface area contributed by atoms with Crippen LogP contribution in [-0.2, 0) is 14.3 Å². The predicted molar refractivity (Wildman–Crippen MR) is 95.2 cm³/mol. The summed E-state index contributed by atoms with van der Waals surface area (Å²) in [6.45, 7) is 2.06. The van der Waals surface area contributed by atoms with Crippen molar-refractivity contribution in [3.05, 3.63) is 30.3 Å². The second kappa shape index (κ2) is 9.19. The van der Waals surface area contributed by atoms with Gasteiger partial charge in [-0.05, 0) is 37.8 Å². The van der Waals surface area contributed by atoms with Crippen LogP contribution in [0.4, 0.5) is 5.69 Å². The lowest BCUT2D eigenvalue weighted by Gasteiger charge is -2.34. The van der Waals surface area contributed by atoms with Gasteiger partial charge in [0.25, 0.3) is 0 Å². The molecule has 1 saturated heterocycles. The Hall–Kier alpha value is -1.39. The van der Waals surface area contributed by atoms with Crippen LogP contribution in [0.1, 0.15) is 51.4 Å². The largest absolute Gasteiger partial charge is 0.381 e. The predicted octanol–water partition coefficient (Wildman–Crippen LogP) is 3.94. The molecule has 4 heteroatoms. The van der Waals surface area contributed by atoms with Gasteiger partial charge in [-0.2, -0.15) is 0 Å². The summed E-state index contributed by atoms with van der Waals surface area (Å²) in [4.78, 5) is 14.9. The first-order valence-corrected chi connectivity index (χ1v) is 9.41. The molecule has 1 saturated carbocycles. The van der Waals surface area contributed by atoms with Crippen molar-refractivity contribution in [2.75, 3.05) is 24.7 Å². The average Bonchev–Trinajstić information content (AvgIpc) is 2.65. The maximum absolute atomic E-state index is 12.9. The molecule has 2 aliphatic rings. The van der Waals surface area contributed by atoms with Crippen molar-refractivity contribution in [3.8, 4) is 0 Å². The van der Waals surface area contributed by atoms with Crippen molar-refractivity contribution in [2.45, 2.75) is 63.5 Å². The number of hydrogen-bond donors (Lipinski definition) is 0. The minimum absolute atomic E-state index is 0.195. The van der Waals surface area contributed by atoms with Crippen molar-refractivity contribution < 1.29 is 14.3 Å². The van der Waals surface area contributed by atoms with Crippen LogP contribution in [0.3, 0.4) is 0 Å². The molecule has 1 amide bonds. The first-order chi connectivity index (χ1) is 11.8. The summed E-state index contributed by atoms with van der Waals surface area (Å²) in [7, 11) is 0.